The Labute approximate surface area is 141 Å². The summed E-state index contributed by atoms with van der Waals surface area (Å²) in [6.07, 6.45) is 8.86. The molecule has 1 atom stereocenters. The van der Waals surface area contributed by atoms with E-state index in [9.17, 15) is 4.79 Å². The first-order valence-electron chi connectivity index (χ1n) is 8.64. The summed E-state index contributed by atoms with van der Waals surface area (Å²) in [6.45, 7) is 3.70. The van der Waals surface area contributed by atoms with Gasteiger partial charge in [-0.15, -0.1) is 0 Å². The standard InChI is InChI=1S/C19H22N4O/c1-2-18-21-9-11-23(18)16-4-3-10-22(13-16)19(24)15-6-5-14-7-8-20-17(14)12-15/h5-9,11-12,16,20H,2-4,10,13H2,1H3. The van der Waals surface area contributed by atoms with Crippen molar-refractivity contribution in [1.82, 2.24) is 19.4 Å². The number of carbonyl (C=O) groups excluding carboxylic acids is 1. The first-order valence-corrected chi connectivity index (χ1v) is 8.64. The summed E-state index contributed by atoms with van der Waals surface area (Å²) in [6, 6.07) is 8.24. The fraction of sp³-hybridized carbons (Fsp3) is 0.368. The molecule has 24 heavy (non-hydrogen) atoms. The highest BCUT2D eigenvalue weighted by molar-refractivity contribution is 5.98. The van der Waals surface area contributed by atoms with E-state index in [0.29, 0.717) is 6.04 Å². The van der Waals surface area contributed by atoms with Crippen LogP contribution in [0.15, 0.2) is 42.9 Å². The van der Waals surface area contributed by atoms with Gasteiger partial charge in [0.1, 0.15) is 5.82 Å². The number of imidazole rings is 1. The minimum Gasteiger partial charge on any atom is -0.361 e. The van der Waals surface area contributed by atoms with E-state index in [4.69, 9.17) is 0 Å². The molecular weight excluding hydrogens is 300 g/mol. The van der Waals surface area contributed by atoms with Crippen LogP contribution in [0.4, 0.5) is 0 Å². The molecule has 1 aliphatic rings. The smallest absolute Gasteiger partial charge is 0.254 e. The highest BCUT2D eigenvalue weighted by atomic mass is 16.2. The maximum absolute atomic E-state index is 12.9. The van der Waals surface area contributed by atoms with Crippen molar-refractivity contribution in [2.45, 2.75) is 32.2 Å². The van der Waals surface area contributed by atoms with Gasteiger partial charge in [0.25, 0.3) is 5.91 Å². The fourth-order valence-electron chi connectivity index (χ4n) is 3.68. The van der Waals surface area contributed by atoms with E-state index in [1.165, 1.54) is 0 Å². The topological polar surface area (TPSA) is 53.9 Å². The van der Waals surface area contributed by atoms with E-state index >= 15 is 0 Å². The van der Waals surface area contributed by atoms with Crippen LogP contribution in [0.3, 0.4) is 0 Å². The highest BCUT2D eigenvalue weighted by Gasteiger charge is 2.26. The monoisotopic (exact) mass is 322 g/mol. The number of rotatable bonds is 3. The van der Waals surface area contributed by atoms with Gasteiger partial charge < -0.3 is 14.5 Å². The summed E-state index contributed by atoms with van der Waals surface area (Å²) in [5.41, 5.74) is 1.77. The Morgan fingerprint density at radius 2 is 2.29 bits per heavy atom. The summed E-state index contributed by atoms with van der Waals surface area (Å²) in [7, 11) is 0. The zero-order chi connectivity index (χ0) is 16.5. The van der Waals surface area contributed by atoms with E-state index in [-0.39, 0.29) is 5.91 Å². The van der Waals surface area contributed by atoms with E-state index < -0.39 is 0 Å². The third kappa shape index (κ3) is 2.60. The second kappa shape index (κ2) is 6.15. The first-order chi connectivity index (χ1) is 11.8. The number of piperidine rings is 1. The van der Waals surface area contributed by atoms with Gasteiger partial charge in [-0.3, -0.25) is 4.79 Å². The van der Waals surface area contributed by atoms with Crippen LogP contribution in [0.25, 0.3) is 10.9 Å². The van der Waals surface area contributed by atoms with Crippen molar-refractivity contribution in [3.05, 3.63) is 54.2 Å². The highest BCUT2D eigenvalue weighted by Crippen LogP contribution is 2.25. The Balaban J connectivity index is 1.55. The van der Waals surface area contributed by atoms with Gasteiger partial charge in [0.2, 0.25) is 0 Å². The van der Waals surface area contributed by atoms with E-state index in [2.05, 4.69) is 21.5 Å². The number of aryl methyl sites for hydroxylation is 1. The summed E-state index contributed by atoms with van der Waals surface area (Å²) >= 11 is 0. The summed E-state index contributed by atoms with van der Waals surface area (Å²) in [4.78, 5) is 22.5. The second-order valence-corrected chi connectivity index (χ2v) is 6.43. The maximum atomic E-state index is 12.9. The molecule has 0 spiro atoms. The number of hydrogen-bond donors (Lipinski definition) is 1. The number of fused-ring (bicyclic) bond motifs is 1. The SMILES string of the molecule is CCc1nccn1C1CCCN(C(=O)c2ccc3cc[nH]c3c2)C1. The third-order valence-electron chi connectivity index (χ3n) is 4.94. The number of aromatic nitrogens is 3. The Morgan fingerprint density at radius 3 is 3.17 bits per heavy atom. The van der Waals surface area contributed by atoms with Crippen LogP contribution in [0.2, 0.25) is 0 Å². The van der Waals surface area contributed by atoms with Gasteiger partial charge in [-0.05, 0) is 36.4 Å². The molecule has 5 heteroatoms. The predicted molar refractivity (Wildman–Crippen MR) is 94.1 cm³/mol. The van der Waals surface area contributed by atoms with Crippen molar-refractivity contribution in [3.8, 4) is 0 Å². The van der Waals surface area contributed by atoms with Crippen LogP contribution in [0, 0.1) is 0 Å². The number of benzene rings is 1. The van der Waals surface area contributed by atoms with Gasteiger partial charge in [0.15, 0.2) is 0 Å². The lowest BCUT2D eigenvalue weighted by Crippen LogP contribution is -2.40. The lowest BCUT2D eigenvalue weighted by atomic mass is 10.0. The molecule has 1 aliphatic heterocycles. The van der Waals surface area contributed by atoms with Crippen LogP contribution in [0.5, 0.6) is 0 Å². The normalized spacial score (nSPS) is 18.2. The largest absolute Gasteiger partial charge is 0.361 e. The number of aromatic amines is 1. The van der Waals surface area contributed by atoms with Gasteiger partial charge >= 0.3 is 0 Å². The molecular formula is C19H22N4O. The summed E-state index contributed by atoms with van der Waals surface area (Å²) in [5.74, 6) is 1.22. The molecule has 3 aromatic rings. The molecule has 0 bridgehead atoms. The van der Waals surface area contributed by atoms with Crippen LogP contribution in [-0.4, -0.2) is 38.4 Å². The van der Waals surface area contributed by atoms with Crippen LogP contribution in [0.1, 0.15) is 42.0 Å². The van der Waals surface area contributed by atoms with Crippen molar-refractivity contribution in [2.75, 3.05) is 13.1 Å². The zero-order valence-electron chi connectivity index (χ0n) is 13.9. The van der Waals surface area contributed by atoms with E-state index in [0.717, 1.165) is 54.6 Å². The third-order valence-corrected chi connectivity index (χ3v) is 4.94. The lowest BCUT2D eigenvalue weighted by molar-refractivity contribution is 0.0678. The zero-order valence-corrected chi connectivity index (χ0v) is 13.9. The quantitative estimate of drug-likeness (QED) is 0.803. The van der Waals surface area contributed by atoms with E-state index in [1.807, 2.05) is 47.8 Å². The van der Waals surface area contributed by atoms with Crippen molar-refractivity contribution in [3.63, 3.8) is 0 Å². The molecule has 0 radical (unpaired) electrons. The number of amides is 1. The van der Waals surface area contributed by atoms with Crippen molar-refractivity contribution >= 4 is 16.8 Å². The molecule has 1 N–H and O–H groups in total. The second-order valence-electron chi connectivity index (χ2n) is 6.43. The van der Waals surface area contributed by atoms with Crippen LogP contribution in [-0.2, 0) is 6.42 Å². The molecule has 1 saturated heterocycles. The van der Waals surface area contributed by atoms with Gasteiger partial charge in [-0.2, -0.15) is 0 Å². The number of likely N-dealkylation sites (tertiary alicyclic amines) is 1. The van der Waals surface area contributed by atoms with Gasteiger partial charge in [-0.1, -0.05) is 13.0 Å². The summed E-state index contributed by atoms with van der Waals surface area (Å²) in [5, 5.41) is 1.13. The Morgan fingerprint density at radius 1 is 1.38 bits per heavy atom. The number of hydrogen-bond acceptors (Lipinski definition) is 2. The molecule has 1 aromatic carbocycles. The molecule has 3 heterocycles. The van der Waals surface area contributed by atoms with Crippen LogP contribution < -0.4 is 0 Å². The van der Waals surface area contributed by atoms with Gasteiger partial charge in [0.05, 0.1) is 6.04 Å². The van der Waals surface area contributed by atoms with Crippen LogP contribution >= 0.6 is 0 Å². The van der Waals surface area contributed by atoms with Gasteiger partial charge in [0, 0.05) is 49.2 Å². The molecule has 2 aromatic heterocycles. The predicted octanol–water partition coefficient (Wildman–Crippen LogP) is 3.40. The van der Waals surface area contributed by atoms with Crippen molar-refractivity contribution < 1.29 is 4.79 Å². The molecule has 124 valence electrons. The number of carbonyl (C=O) groups is 1. The minimum absolute atomic E-state index is 0.120. The fourth-order valence-corrected chi connectivity index (χ4v) is 3.68. The molecule has 1 fully saturated rings. The Hall–Kier alpha value is -2.56. The molecule has 0 aliphatic carbocycles. The Bertz CT molecular complexity index is 863. The number of nitrogens with zero attached hydrogens (tertiary/aromatic N) is 3. The molecule has 1 amide bonds. The molecule has 1 unspecified atom stereocenters. The number of H-pyrrole nitrogens is 1. The Kier molecular flexibility index (Phi) is 3.84. The molecule has 5 nitrogen and oxygen atoms in total. The van der Waals surface area contributed by atoms with Crippen molar-refractivity contribution in [2.24, 2.45) is 0 Å². The molecule has 4 rings (SSSR count). The average Bonchev–Trinajstić information content (AvgIpc) is 3.29. The first kappa shape index (κ1) is 15.0. The molecule has 0 saturated carbocycles. The van der Waals surface area contributed by atoms with Gasteiger partial charge in [-0.25, -0.2) is 4.98 Å². The lowest BCUT2D eigenvalue weighted by Gasteiger charge is -2.34. The maximum Gasteiger partial charge on any atom is 0.254 e. The summed E-state index contributed by atoms with van der Waals surface area (Å²) < 4.78 is 2.24. The minimum atomic E-state index is 0.120. The van der Waals surface area contributed by atoms with E-state index in [1.54, 1.807) is 0 Å². The van der Waals surface area contributed by atoms with Crippen molar-refractivity contribution in [1.29, 1.82) is 0 Å². The average molecular weight is 322 g/mol. The number of nitrogens with one attached hydrogen (secondary N) is 1.